The Morgan fingerprint density at radius 1 is 1.26 bits per heavy atom. The van der Waals surface area contributed by atoms with Gasteiger partial charge in [-0.15, -0.1) is 0 Å². The second kappa shape index (κ2) is 4.49. The molecule has 0 saturated carbocycles. The van der Waals surface area contributed by atoms with E-state index in [1.807, 2.05) is 18.2 Å². The van der Waals surface area contributed by atoms with Crippen LogP contribution in [0.5, 0.6) is 0 Å². The lowest BCUT2D eigenvalue weighted by molar-refractivity contribution is 0.0587. The highest BCUT2D eigenvalue weighted by atomic mass is 16.5. The van der Waals surface area contributed by atoms with Gasteiger partial charge in [0.05, 0.1) is 30.2 Å². The maximum atomic E-state index is 11.4. The smallest absolute Gasteiger partial charge is 0.376 e. The van der Waals surface area contributed by atoms with Gasteiger partial charge in [-0.25, -0.2) is 19.7 Å². The fourth-order valence-electron chi connectivity index (χ4n) is 1.80. The molecular formula is C13H10N4O2. The van der Waals surface area contributed by atoms with Crippen molar-refractivity contribution in [3.8, 4) is 11.3 Å². The summed E-state index contributed by atoms with van der Waals surface area (Å²) in [4.78, 5) is 26.7. The molecule has 0 aliphatic heterocycles. The Balaban J connectivity index is 2.07. The van der Waals surface area contributed by atoms with Crippen molar-refractivity contribution in [3.05, 3.63) is 42.6 Å². The number of aromatic amines is 1. The van der Waals surface area contributed by atoms with Gasteiger partial charge in [-0.3, -0.25) is 0 Å². The van der Waals surface area contributed by atoms with Gasteiger partial charge in [-0.1, -0.05) is 6.07 Å². The molecule has 0 aliphatic rings. The van der Waals surface area contributed by atoms with E-state index in [0.717, 1.165) is 16.6 Å². The number of fused-ring (bicyclic) bond motifs is 1. The van der Waals surface area contributed by atoms with E-state index < -0.39 is 5.97 Å². The highest BCUT2D eigenvalue weighted by Gasteiger charge is 2.10. The summed E-state index contributed by atoms with van der Waals surface area (Å²) in [6, 6.07) is 7.45. The molecule has 3 rings (SSSR count). The van der Waals surface area contributed by atoms with Crippen LogP contribution in [0.15, 0.2) is 36.8 Å². The predicted octanol–water partition coefficient (Wildman–Crippen LogP) is 1.81. The van der Waals surface area contributed by atoms with E-state index in [-0.39, 0.29) is 5.82 Å². The van der Waals surface area contributed by atoms with Gasteiger partial charge in [-0.2, -0.15) is 0 Å². The van der Waals surface area contributed by atoms with E-state index in [1.165, 1.54) is 13.3 Å². The maximum absolute atomic E-state index is 11.4. The van der Waals surface area contributed by atoms with E-state index in [9.17, 15) is 4.79 Å². The van der Waals surface area contributed by atoms with Crippen molar-refractivity contribution in [1.82, 2.24) is 19.9 Å². The van der Waals surface area contributed by atoms with E-state index in [2.05, 4.69) is 24.7 Å². The third kappa shape index (κ3) is 2.03. The molecule has 19 heavy (non-hydrogen) atoms. The second-order valence-corrected chi connectivity index (χ2v) is 3.89. The zero-order valence-electron chi connectivity index (χ0n) is 10.1. The van der Waals surface area contributed by atoms with Crippen LogP contribution in [0.2, 0.25) is 0 Å². The maximum Gasteiger partial charge on any atom is 0.376 e. The molecule has 0 amide bonds. The monoisotopic (exact) mass is 254 g/mol. The van der Waals surface area contributed by atoms with E-state index >= 15 is 0 Å². The number of nitrogens with one attached hydrogen (secondary N) is 1. The molecule has 1 N–H and O–H groups in total. The fraction of sp³-hybridized carbons (Fsp3) is 0.0769. The minimum Gasteiger partial charge on any atom is -0.463 e. The molecular weight excluding hydrogens is 244 g/mol. The van der Waals surface area contributed by atoms with Gasteiger partial charge < -0.3 is 9.72 Å². The van der Waals surface area contributed by atoms with Gasteiger partial charge in [0, 0.05) is 11.8 Å². The third-order valence-electron chi connectivity index (χ3n) is 2.74. The molecule has 0 unspecified atom stereocenters. The van der Waals surface area contributed by atoms with Crippen molar-refractivity contribution >= 4 is 17.0 Å². The number of rotatable bonds is 2. The summed E-state index contributed by atoms with van der Waals surface area (Å²) in [6.45, 7) is 0. The quantitative estimate of drug-likeness (QED) is 0.705. The predicted molar refractivity (Wildman–Crippen MR) is 68.5 cm³/mol. The van der Waals surface area contributed by atoms with Crippen LogP contribution in [0.3, 0.4) is 0 Å². The second-order valence-electron chi connectivity index (χ2n) is 3.89. The summed E-state index contributed by atoms with van der Waals surface area (Å²) in [6.07, 6.45) is 3.17. The molecule has 0 atom stereocenters. The van der Waals surface area contributed by atoms with E-state index in [1.54, 1.807) is 12.4 Å². The number of hydrogen-bond donors (Lipinski definition) is 1. The van der Waals surface area contributed by atoms with Crippen molar-refractivity contribution in [2.24, 2.45) is 0 Å². The fourth-order valence-corrected chi connectivity index (χ4v) is 1.80. The van der Waals surface area contributed by atoms with Crippen molar-refractivity contribution in [3.63, 3.8) is 0 Å². The standard InChI is InChI=1S/C13H10N4O2/c1-19-13(18)12-14-5-4-9(17-12)8-2-3-10-11(6-8)16-7-15-10/h2-7H,1H3,(H,15,16). The van der Waals surface area contributed by atoms with Crippen molar-refractivity contribution in [2.75, 3.05) is 7.11 Å². The first-order valence-electron chi connectivity index (χ1n) is 5.63. The first-order chi connectivity index (χ1) is 9.28. The van der Waals surface area contributed by atoms with Crippen LogP contribution in [-0.2, 0) is 4.74 Å². The number of carbonyl (C=O) groups is 1. The van der Waals surface area contributed by atoms with Crippen LogP contribution >= 0.6 is 0 Å². The zero-order chi connectivity index (χ0) is 13.2. The summed E-state index contributed by atoms with van der Waals surface area (Å²) < 4.78 is 4.60. The third-order valence-corrected chi connectivity index (χ3v) is 2.74. The number of benzene rings is 1. The highest BCUT2D eigenvalue weighted by Crippen LogP contribution is 2.20. The Morgan fingerprint density at radius 3 is 3.00 bits per heavy atom. The summed E-state index contributed by atoms with van der Waals surface area (Å²) in [7, 11) is 1.30. The Labute approximate surface area is 108 Å². The SMILES string of the molecule is COC(=O)c1nccc(-c2ccc3nc[nH]c3c2)n1. The molecule has 0 saturated heterocycles. The van der Waals surface area contributed by atoms with Crippen molar-refractivity contribution in [1.29, 1.82) is 0 Å². The summed E-state index contributed by atoms with van der Waals surface area (Å²) in [5, 5.41) is 0. The lowest BCUT2D eigenvalue weighted by Gasteiger charge is -2.02. The Kier molecular flexibility index (Phi) is 2.68. The summed E-state index contributed by atoms with van der Waals surface area (Å²) in [5.41, 5.74) is 3.33. The minimum atomic E-state index is -0.551. The van der Waals surface area contributed by atoms with Gasteiger partial charge in [0.15, 0.2) is 0 Å². The molecule has 0 radical (unpaired) electrons. The van der Waals surface area contributed by atoms with Crippen LogP contribution < -0.4 is 0 Å². The molecule has 0 bridgehead atoms. The Hall–Kier alpha value is -2.76. The lowest BCUT2D eigenvalue weighted by atomic mass is 10.1. The summed E-state index contributed by atoms with van der Waals surface area (Å²) in [5.74, 6) is -0.505. The van der Waals surface area contributed by atoms with Gasteiger partial charge in [0.2, 0.25) is 5.82 Å². The van der Waals surface area contributed by atoms with Gasteiger partial charge in [0.1, 0.15) is 0 Å². The first kappa shape index (κ1) is 11.3. The molecule has 0 fully saturated rings. The molecule has 3 aromatic rings. The number of nitrogens with zero attached hydrogens (tertiary/aromatic N) is 3. The molecule has 2 heterocycles. The number of ether oxygens (including phenoxy) is 1. The average Bonchev–Trinajstić information content (AvgIpc) is 2.94. The molecule has 6 heteroatoms. The largest absolute Gasteiger partial charge is 0.463 e. The highest BCUT2D eigenvalue weighted by molar-refractivity contribution is 5.86. The zero-order valence-corrected chi connectivity index (χ0v) is 10.1. The average molecular weight is 254 g/mol. The Bertz CT molecular complexity index is 751. The molecule has 94 valence electrons. The number of H-pyrrole nitrogens is 1. The molecule has 6 nitrogen and oxygen atoms in total. The Morgan fingerprint density at radius 2 is 2.16 bits per heavy atom. The topological polar surface area (TPSA) is 80.8 Å². The van der Waals surface area contributed by atoms with Crippen molar-refractivity contribution < 1.29 is 9.53 Å². The van der Waals surface area contributed by atoms with Gasteiger partial charge in [-0.05, 0) is 18.2 Å². The van der Waals surface area contributed by atoms with Crippen LogP contribution in [-0.4, -0.2) is 33.0 Å². The van der Waals surface area contributed by atoms with Gasteiger partial charge >= 0.3 is 5.97 Å². The number of methoxy groups -OCH3 is 1. The van der Waals surface area contributed by atoms with E-state index in [4.69, 9.17) is 0 Å². The lowest BCUT2D eigenvalue weighted by Crippen LogP contribution is -2.07. The van der Waals surface area contributed by atoms with Crippen LogP contribution in [0.25, 0.3) is 22.3 Å². The van der Waals surface area contributed by atoms with E-state index in [0.29, 0.717) is 5.69 Å². The first-order valence-corrected chi connectivity index (χ1v) is 5.63. The van der Waals surface area contributed by atoms with Crippen LogP contribution in [0.4, 0.5) is 0 Å². The number of esters is 1. The summed E-state index contributed by atoms with van der Waals surface area (Å²) >= 11 is 0. The van der Waals surface area contributed by atoms with Gasteiger partial charge in [0.25, 0.3) is 0 Å². The number of hydrogen-bond acceptors (Lipinski definition) is 5. The number of imidazole rings is 1. The van der Waals surface area contributed by atoms with Crippen LogP contribution in [0, 0.1) is 0 Å². The number of aromatic nitrogens is 4. The van der Waals surface area contributed by atoms with Crippen molar-refractivity contribution in [2.45, 2.75) is 0 Å². The molecule has 0 spiro atoms. The minimum absolute atomic E-state index is 0.0460. The number of carbonyl (C=O) groups excluding carboxylic acids is 1. The molecule has 1 aromatic carbocycles. The molecule has 0 aliphatic carbocycles. The van der Waals surface area contributed by atoms with Crippen LogP contribution in [0.1, 0.15) is 10.6 Å². The molecule has 2 aromatic heterocycles. The normalized spacial score (nSPS) is 10.6.